The first-order chi connectivity index (χ1) is 9.76. The van der Waals surface area contributed by atoms with Gasteiger partial charge in [-0.1, -0.05) is 18.2 Å². The molecule has 0 aliphatic rings. The number of benzene rings is 1. The van der Waals surface area contributed by atoms with E-state index in [0.717, 1.165) is 33.2 Å². The van der Waals surface area contributed by atoms with Gasteiger partial charge in [0.2, 0.25) is 0 Å². The van der Waals surface area contributed by atoms with Crippen molar-refractivity contribution in [2.24, 2.45) is 5.73 Å². The summed E-state index contributed by atoms with van der Waals surface area (Å²) in [5, 5.41) is 1.85. The molecule has 2 heterocycles. The molecule has 20 heavy (non-hydrogen) atoms. The van der Waals surface area contributed by atoms with Crippen molar-refractivity contribution in [2.75, 3.05) is 6.54 Å². The molecule has 0 fully saturated rings. The van der Waals surface area contributed by atoms with Gasteiger partial charge in [-0.15, -0.1) is 0 Å². The van der Waals surface area contributed by atoms with Gasteiger partial charge >= 0.3 is 0 Å². The third kappa shape index (κ3) is 2.69. The van der Waals surface area contributed by atoms with Gasteiger partial charge in [0.25, 0.3) is 0 Å². The fourth-order valence-corrected chi connectivity index (χ4v) is 2.91. The molecule has 4 nitrogen and oxygen atoms in total. The Hall–Kier alpha value is -1.85. The van der Waals surface area contributed by atoms with Crippen LogP contribution in [0.15, 0.2) is 46.7 Å². The van der Waals surface area contributed by atoms with Crippen molar-refractivity contribution in [3.05, 3.63) is 47.7 Å². The number of imidazole rings is 1. The maximum absolute atomic E-state index is 5.57. The fraction of sp³-hybridized carbons (Fsp3) is 0.200. The molecule has 3 rings (SSSR count). The lowest BCUT2D eigenvalue weighted by Crippen LogP contribution is -2.03. The highest BCUT2D eigenvalue weighted by atomic mass is 32.2. The summed E-state index contributed by atoms with van der Waals surface area (Å²) in [4.78, 5) is 12.4. The number of hydrogen-bond acceptors (Lipinski definition) is 4. The van der Waals surface area contributed by atoms with Crippen LogP contribution < -0.4 is 5.73 Å². The number of hydrogen-bond donors (Lipinski definition) is 2. The van der Waals surface area contributed by atoms with Crippen LogP contribution in [0.25, 0.3) is 11.0 Å². The van der Waals surface area contributed by atoms with Gasteiger partial charge in [-0.2, -0.15) is 0 Å². The number of fused-ring (bicyclic) bond motifs is 1. The molecule has 0 saturated carbocycles. The van der Waals surface area contributed by atoms with Crippen molar-refractivity contribution in [3.8, 4) is 0 Å². The summed E-state index contributed by atoms with van der Waals surface area (Å²) in [6, 6.07) is 10.2. The van der Waals surface area contributed by atoms with E-state index in [1.54, 1.807) is 11.8 Å². The predicted octanol–water partition coefficient (Wildman–Crippen LogP) is 2.92. The van der Waals surface area contributed by atoms with Crippen LogP contribution in [0.4, 0.5) is 0 Å². The van der Waals surface area contributed by atoms with Crippen LogP contribution in [-0.4, -0.2) is 21.5 Å². The normalized spacial score (nSPS) is 11.1. The largest absolute Gasteiger partial charge is 0.333 e. The minimum Gasteiger partial charge on any atom is -0.333 e. The maximum Gasteiger partial charge on any atom is 0.172 e. The van der Waals surface area contributed by atoms with Crippen molar-refractivity contribution in [1.82, 2.24) is 15.0 Å². The highest BCUT2D eigenvalue weighted by molar-refractivity contribution is 7.99. The van der Waals surface area contributed by atoms with Crippen LogP contribution in [0.3, 0.4) is 0 Å². The molecule has 0 unspecified atom stereocenters. The predicted molar refractivity (Wildman–Crippen MR) is 81.9 cm³/mol. The highest BCUT2D eigenvalue weighted by Crippen LogP contribution is 2.28. The van der Waals surface area contributed by atoms with Gasteiger partial charge in [0, 0.05) is 6.20 Å². The van der Waals surface area contributed by atoms with Gasteiger partial charge in [0.1, 0.15) is 5.03 Å². The van der Waals surface area contributed by atoms with Crippen molar-refractivity contribution >= 4 is 22.8 Å². The number of aryl methyl sites for hydroxylation is 1. The lowest BCUT2D eigenvalue weighted by molar-refractivity contribution is 0.933. The minimum atomic E-state index is 0.650. The third-order valence-corrected chi connectivity index (χ3v) is 4.09. The molecular formula is C15H16N4S. The lowest BCUT2D eigenvalue weighted by atomic mass is 10.2. The molecule has 2 aromatic heterocycles. The van der Waals surface area contributed by atoms with E-state index in [0.29, 0.717) is 6.54 Å². The Morgan fingerprint density at radius 1 is 1.30 bits per heavy atom. The Morgan fingerprint density at radius 2 is 2.15 bits per heavy atom. The first kappa shape index (κ1) is 13.1. The van der Waals surface area contributed by atoms with Crippen molar-refractivity contribution in [3.63, 3.8) is 0 Å². The zero-order valence-corrected chi connectivity index (χ0v) is 12.1. The molecule has 0 spiro atoms. The smallest absolute Gasteiger partial charge is 0.172 e. The second-order valence-corrected chi connectivity index (χ2v) is 5.64. The number of aromatic amines is 1. The van der Waals surface area contributed by atoms with E-state index in [2.05, 4.69) is 27.9 Å². The molecule has 0 aliphatic carbocycles. The van der Waals surface area contributed by atoms with Crippen LogP contribution in [0.1, 0.15) is 11.1 Å². The third-order valence-electron chi connectivity index (χ3n) is 3.08. The van der Waals surface area contributed by atoms with Gasteiger partial charge < -0.3 is 10.7 Å². The van der Waals surface area contributed by atoms with Gasteiger partial charge in [0.15, 0.2) is 5.16 Å². The Kier molecular flexibility index (Phi) is 3.71. The van der Waals surface area contributed by atoms with E-state index in [1.807, 2.05) is 30.5 Å². The Balaban J connectivity index is 1.86. The number of para-hydroxylation sites is 2. The van der Waals surface area contributed by atoms with E-state index in [4.69, 9.17) is 5.73 Å². The van der Waals surface area contributed by atoms with Gasteiger partial charge in [-0.25, -0.2) is 9.97 Å². The highest BCUT2D eigenvalue weighted by Gasteiger charge is 2.08. The van der Waals surface area contributed by atoms with Crippen LogP contribution in [0.5, 0.6) is 0 Å². The van der Waals surface area contributed by atoms with Gasteiger partial charge in [-0.05, 0) is 54.9 Å². The van der Waals surface area contributed by atoms with Crippen molar-refractivity contribution in [1.29, 1.82) is 0 Å². The summed E-state index contributed by atoms with van der Waals surface area (Å²) in [6.45, 7) is 2.72. The zero-order chi connectivity index (χ0) is 13.9. The molecule has 0 aliphatic heterocycles. The van der Waals surface area contributed by atoms with E-state index in [-0.39, 0.29) is 0 Å². The number of nitrogens with two attached hydrogens (primary N) is 1. The molecule has 3 aromatic rings. The Bertz CT molecular complexity index is 703. The summed E-state index contributed by atoms with van der Waals surface area (Å²) in [6.07, 6.45) is 2.76. The van der Waals surface area contributed by atoms with Gasteiger partial charge in [0.05, 0.1) is 11.0 Å². The number of H-pyrrole nitrogens is 1. The summed E-state index contributed by atoms with van der Waals surface area (Å²) >= 11 is 1.56. The van der Waals surface area contributed by atoms with E-state index in [1.165, 1.54) is 5.56 Å². The zero-order valence-electron chi connectivity index (χ0n) is 11.3. The molecule has 0 bridgehead atoms. The summed E-state index contributed by atoms with van der Waals surface area (Å²) in [5.74, 6) is 0. The van der Waals surface area contributed by atoms with E-state index in [9.17, 15) is 0 Å². The monoisotopic (exact) mass is 284 g/mol. The molecule has 102 valence electrons. The molecule has 1 aromatic carbocycles. The summed E-state index contributed by atoms with van der Waals surface area (Å²) in [7, 11) is 0. The SMILES string of the molecule is Cc1cc(CCN)cnc1Sc1nc2ccccc2[nH]1. The summed E-state index contributed by atoms with van der Waals surface area (Å²) < 4.78 is 0. The number of rotatable bonds is 4. The first-order valence-corrected chi connectivity index (χ1v) is 7.36. The van der Waals surface area contributed by atoms with Crippen molar-refractivity contribution < 1.29 is 0 Å². The average molecular weight is 284 g/mol. The quantitative estimate of drug-likeness (QED) is 0.773. The Labute approximate surface area is 121 Å². The topological polar surface area (TPSA) is 67.6 Å². The molecule has 5 heteroatoms. The maximum atomic E-state index is 5.57. The number of nitrogens with zero attached hydrogens (tertiary/aromatic N) is 2. The second-order valence-electron chi connectivity index (χ2n) is 4.67. The molecule has 0 radical (unpaired) electrons. The molecule has 0 atom stereocenters. The molecule has 0 amide bonds. The van der Waals surface area contributed by atoms with Crippen LogP contribution in [0, 0.1) is 6.92 Å². The van der Waals surface area contributed by atoms with E-state index < -0.39 is 0 Å². The fourth-order valence-electron chi connectivity index (χ4n) is 2.10. The second kappa shape index (κ2) is 5.64. The van der Waals surface area contributed by atoms with Crippen LogP contribution >= 0.6 is 11.8 Å². The number of nitrogens with one attached hydrogen (secondary N) is 1. The van der Waals surface area contributed by atoms with Crippen molar-refractivity contribution in [2.45, 2.75) is 23.5 Å². The van der Waals surface area contributed by atoms with E-state index >= 15 is 0 Å². The minimum absolute atomic E-state index is 0.650. The molecular weight excluding hydrogens is 268 g/mol. The number of pyridine rings is 1. The van der Waals surface area contributed by atoms with Gasteiger partial charge in [-0.3, -0.25) is 0 Å². The summed E-state index contributed by atoms with van der Waals surface area (Å²) in [5.41, 5.74) is 9.93. The number of aromatic nitrogens is 3. The first-order valence-electron chi connectivity index (χ1n) is 6.54. The van der Waals surface area contributed by atoms with Crippen LogP contribution in [0.2, 0.25) is 0 Å². The lowest BCUT2D eigenvalue weighted by Gasteiger charge is -2.05. The standard InChI is InChI=1S/C15H16N4S/c1-10-8-11(6-7-16)9-17-14(10)20-15-18-12-4-2-3-5-13(12)19-15/h2-5,8-9H,6-7,16H2,1H3,(H,18,19). The average Bonchev–Trinajstić information content (AvgIpc) is 2.84. The molecule has 0 saturated heterocycles. The molecule has 3 N–H and O–H groups in total. The van der Waals surface area contributed by atoms with Crippen LogP contribution in [-0.2, 0) is 6.42 Å². The Morgan fingerprint density at radius 3 is 2.90 bits per heavy atom.